The van der Waals surface area contributed by atoms with Gasteiger partial charge in [0.1, 0.15) is 24.7 Å². The van der Waals surface area contributed by atoms with Gasteiger partial charge in [-0.2, -0.15) is 0 Å². The first-order valence-electron chi connectivity index (χ1n) is 34.4. The van der Waals surface area contributed by atoms with E-state index < -0.39 is 7.82 Å². The SMILES string of the molecule is CCCCCCCCc1ccc(OCCOCCOCCOCCOCCOCCOCCOCCOCCOCCOP(=O)([O-])OCCOCCOCCOCCOCCOCCOCCOCCOCCOCCOc2ccc(CCCCCCCC)cc2)cc1.[Na+]. The van der Waals surface area contributed by atoms with Gasteiger partial charge < -0.3 is 109 Å². The Morgan fingerprint density at radius 2 is 0.415 bits per heavy atom. The molecule has 0 unspecified atom stereocenters. The van der Waals surface area contributed by atoms with Gasteiger partial charge >= 0.3 is 29.6 Å². The first-order valence-corrected chi connectivity index (χ1v) is 35.9. The largest absolute Gasteiger partial charge is 1.00 e. The first kappa shape index (κ1) is 90.4. The summed E-state index contributed by atoms with van der Waals surface area (Å²) in [5.74, 6) is 1.74. The number of rotatable bonds is 78. The Balaban J connectivity index is 0.0000442. The average molecular weight is 1380 g/mol. The Hall–Kier alpha value is -1.57. The van der Waals surface area contributed by atoms with E-state index in [0.29, 0.717) is 225 Å². The van der Waals surface area contributed by atoms with Crippen LogP contribution >= 0.6 is 7.82 Å². The van der Waals surface area contributed by atoms with E-state index in [1.807, 2.05) is 24.3 Å². The van der Waals surface area contributed by atoms with E-state index in [1.165, 1.54) is 88.2 Å². The molecule has 94 heavy (non-hydrogen) atoms. The minimum absolute atomic E-state index is 0. The van der Waals surface area contributed by atoms with E-state index in [1.54, 1.807) is 0 Å². The van der Waals surface area contributed by atoms with E-state index in [-0.39, 0.29) is 69.2 Å². The summed E-state index contributed by atoms with van der Waals surface area (Å²) >= 11 is 0. The molecule has 0 atom stereocenters. The molecule has 0 aliphatic carbocycles. The summed E-state index contributed by atoms with van der Waals surface area (Å²) in [6, 6.07) is 16.8. The van der Waals surface area contributed by atoms with Gasteiger partial charge in [0.2, 0.25) is 0 Å². The van der Waals surface area contributed by atoms with Gasteiger partial charge in [-0.05, 0) is 61.1 Å². The van der Waals surface area contributed by atoms with Gasteiger partial charge in [0.15, 0.2) is 0 Å². The van der Waals surface area contributed by atoms with Crippen molar-refractivity contribution in [1.29, 1.82) is 0 Å². The number of hydrogen-bond acceptors (Lipinski definition) is 24. The van der Waals surface area contributed by atoms with Crippen molar-refractivity contribution >= 4 is 7.82 Å². The summed E-state index contributed by atoms with van der Waals surface area (Å²) < 4.78 is 132. The second-order valence-corrected chi connectivity index (χ2v) is 22.6. The van der Waals surface area contributed by atoms with Gasteiger partial charge in [0.25, 0.3) is 7.82 Å². The van der Waals surface area contributed by atoms with Gasteiger partial charge in [0.05, 0.1) is 251 Å². The van der Waals surface area contributed by atoms with Gasteiger partial charge in [0, 0.05) is 0 Å². The Bertz CT molecular complexity index is 1710. The van der Waals surface area contributed by atoms with Crippen molar-refractivity contribution in [1.82, 2.24) is 0 Å². The van der Waals surface area contributed by atoms with Crippen LogP contribution in [0.15, 0.2) is 48.5 Å². The van der Waals surface area contributed by atoms with Crippen LogP contribution in [0, 0.1) is 0 Å². The number of phosphoric ester groups is 1. The molecule has 0 bridgehead atoms. The second-order valence-electron chi connectivity index (χ2n) is 21.2. The molecule has 0 aliphatic rings. The normalized spacial score (nSPS) is 11.7. The van der Waals surface area contributed by atoms with Crippen LogP contribution in [0.1, 0.15) is 102 Å². The monoisotopic (exact) mass is 1380 g/mol. The number of benzene rings is 2. The van der Waals surface area contributed by atoms with Crippen LogP contribution in [0.5, 0.6) is 11.5 Å². The molecule has 0 aliphatic heterocycles. The van der Waals surface area contributed by atoms with Crippen LogP contribution in [-0.2, 0) is 112 Å². The predicted octanol–water partition coefficient (Wildman–Crippen LogP) is 5.75. The van der Waals surface area contributed by atoms with Crippen LogP contribution in [0.3, 0.4) is 0 Å². The van der Waals surface area contributed by atoms with Crippen molar-refractivity contribution in [3.05, 3.63) is 59.7 Å². The molecular weight excluding hydrogens is 1250 g/mol. The standard InChI is InChI=1S/C68H123O24P.Na/c1-3-5-7-9-11-13-15-65-17-21-67(22-18-65)89-61-57-85-53-49-81-45-41-77-37-33-73-29-25-71-27-31-75-35-39-79-43-47-83-51-55-87-59-63-91-93(69,70)92-64-60-88-56-52-84-48-44-80-40-36-76-32-28-72-26-30-74-34-38-78-42-46-82-50-54-86-58-62-90-68-23-19-66(20-24-68)16-14-12-10-8-6-4-2;/h17-24H,3-16,25-64H2,1-2H3,(H,69,70);/q;+1/p-1. The maximum absolute atomic E-state index is 12.0. The van der Waals surface area contributed by atoms with Gasteiger partial charge in [-0.3, -0.25) is 4.57 Å². The van der Waals surface area contributed by atoms with Crippen molar-refractivity contribution in [2.45, 2.75) is 104 Å². The Morgan fingerprint density at radius 3 is 0.617 bits per heavy atom. The minimum Gasteiger partial charge on any atom is -0.756 e. The fraction of sp³-hybridized carbons (Fsp3) is 0.824. The van der Waals surface area contributed by atoms with Crippen molar-refractivity contribution in [3.8, 4) is 11.5 Å². The zero-order chi connectivity index (χ0) is 66.2. The van der Waals surface area contributed by atoms with Crippen LogP contribution in [0.25, 0.3) is 0 Å². The van der Waals surface area contributed by atoms with Crippen LogP contribution in [-0.4, -0.2) is 264 Å². The fourth-order valence-corrected chi connectivity index (χ4v) is 9.01. The topological polar surface area (TPSA) is 243 Å². The quantitative estimate of drug-likeness (QED) is 0.0434. The molecule has 24 nitrogen and oxygen atoms in total. The third kappa shape index (κ3) is 66.3. The summed E-state index contributed by atoms with van der Waals surface area (Å²) in [6.45, 7) is 20.4. The minimum atomic E-state index is -4.48. The first-order chi connectivity index (χ1) is 46.0. The van der Waals surface area contributed by atoms with Crippen molar-refractivity contribution < 1.29 is 143 Å². The maximum Gasteiger partial charge on any atom is 1.00 e. The molecule has 544 valence electrons. The van der Waals surface area contributed by atoms with E-state index in [0.717, 1.165) is 24.3 Å². The molecule has 0 N–H and O–H groups in total. The summed E-state index contributed by atoms with van der Waals surface area (Å²) in [5, 5.41) is 0. The van der Waals surface area contributed by atoms with E-state index in [4.69, 9.17) is 104 Å². The van der Waals surface area contributed by atoms with Crippen LogP contribution in [0.2, 0.25) is 0 Å². The molecule has 26 heteroatoms. The third-order valence-electron chi connectivity index (χ3n) is 13.4. The second kappa shape index (κ2) is 74.1. The Labute approximate surface area is 586 Å². The summed E-state index contributed by atoms with van der Waals surface area (Å²) in [5.41, 5.74) is 2.73. The maximum atomic E-state index is 12.0. The zero-order valence-electron chi connectivity index (χ0n) is 58.0. The molecule has 0 saturated heterocycles. The van der Waals surface area contributed by atoms with E-state index >= 15 is 0 Å². The molecule has 0 heterocycles. The van der Waals surface area contributed by atoms with Gasteiger partial charge in [-0.25, -0.2) is 0 Å². The van der Waals surface area contributed by atoms with Gasteiger partial charge in [-0.15, -0.1) is 0 Å². The zero-order valence-corrected chi connectivity index (χ0v) is 60.9. The molecule has 0 radical (unpaired) electrons. The smallest absolute Gasteiger partial charge is 0.756 e. The molecule has 2 aromatic carbocycles. The molecule has 0 saturated carbocycles. The van der Waals surface area contributed by atoms with Crippen molar-refractivity contribution in [2.24, 2.45) is 0 Å². The molecular formula is C68H122NaO24P. The van der Waals surface area contributed by atoms with E-state index in [2.05, 4.69) is 38.1 Å². The predicted molar refractivity (Wildman–Crippen MR) is 352 cm³/mol. The summed E-state index contributed by atoms with van der Waals surface area (Å²) in [4.78, 5) is 12.0. The molecule has 0 spiro atoms. The number of unbranched alkanes of at least 4 members (excludes halogenated alkanes) is 10. The molecule has 0 fully saturated rings. The fourth-order valence-electron chi connectivity index (χ4n) is 8.34. The van der Waals surface area contributed by atoms with Gasteiger partial charge in [-0.1, -0.05) is 102 Å². The molecule has 2 aromatic rings. The summed E-state index contributed by atoms with van der Waals surface area (Å²) in [6.07, 6.45) is 18.0. The number of phosphoric acid groups is 1. The summed E-state index contributed by atoms with van der Waals surface area (Å²) in [7, 11) is -4.48. The van der Waals surface area contributed by atoms with E-state index in [9.17, 15) is 9.46 Å². The third-order valence-corrected chi connectivity index (χ3v) is 14.4. The van der Waals surface area contributed by atoms with Crippen LogP contribution in [0.4, 0.5) is 0 Å². The Kier molecular flexibility index (Phi) is 71.3. The van der Waals surface area contributed by atoms with Crippen molar-refractivity contribution in [3.63, 3.8) is 0 Å². The molecule has 0 aromatic heterocycles. The number of hydrogen-bond donors (Lipinski definition) is 0. The van der Waals surface area contributed by atoms with Crippen molar-refractivity contribution in [2.75, 3.05) is 264 Å². The Morgan fingerprint density at radius 1 is 0.245 bits per heavy atom. The number of ether oxygens (including phenoxy) is 20. The molecule has 2 rings (SSSR count). The molecule has 0 amide bonds. The average Bonchev–Trinajstić information content (AvgIpc) is 2.37. The number of aryl methyl sites for hydroxylation is 2. The van der Waals surface area contributed by atoms with Crippen LogP contribution < -0.4 is 43.9 Å².